The summed E-state index contributed by atoms with van der Waals surface area (Å²) in [5.41, 5.74) is 7.71. The molecule has 0 fully saturated rings. The molecule has 0 saturated heterocycles. The largest absolute Gasteiger partial charge is 0.362 e. The fourth-order valence-electron chi connectivity index (χ4n) is 4.56. The van der Waals surface area contributed by atoms with Gasteiger partial charge in [0.2, 0.25) is 0 Å². The maximum atomic E-state index is 14.8. The van der Waals surface area contributed by atoms with Gasteiger partial charge in [0.05, 0.1) is 5.71 Å². The first kappa shape index (κ1) is 23.4. The summed E-state index contributed by atoms with van der Waals surface area (Å²) in [5.74, 6) is 0.585. The van der Waals surface area contributed by atoms with Crippen molar-refractivity contribution in [2.24, 2.45) is 9.98 Å². The van der Waals surface area contributed by atoms with Crippen molar-refractivity contribution in [3.05, 3.63) is 88.0 Å². The van der Waals surface area contributed by atoms with Crippen LogP contribution in [-0.2, 0) is 6.42 Å². The highest BCUT2D eigenvalue weighted by Gasteiger charge is 2.26. The molecule has 0 bridgehead atoms. The van der Waals surface area contributed by atoms with Crippen molar-refractivity contribution < 1.29 is 4.39 Å². The van der Waals surface area contributed by atoms with Crippen LogP contribution >= 0.6 is 0 Å². The minimum Gasteiger partial charge on any atom is -0.362 e. The SMILES string of the molecule is C=CC1=C/C(=C(/N=C)N(C)C)C(=NCC)C(C)=C1c1cc(C)cc2ccc(F)c(CC)c12. The number of allylic oxidation sites excluding steroid dienone is 6. The zero-order chi connectivity index (χ0) is 23.6. The molecule has 0 unspecified atom stereocenters. The van der Waals surface area contributed by atoms with Crippen molar-refractivity contribution in [1.29, 1.82) is 0 Å². The zero-order valence-electron chi connectivity index (χ0n) is 20.0. The fourth-order valence-corrected chi connectivity index (χ4v) is 4.56. The molecule has 32 heavy (non-hydrogen) atoms. The van der Waals surface area contributed by atoms with Gasteiger partial charge in [0.15, 0.2) is 0 Å². The maximum Gasteiger partial charge on any atom is 0.136 e. The molecule has 0 saturated carbocycles. The fraction of sp³-hybridized carbons (Fsp3) is 0.286. The van der Waals surface area contributed by atoms with E-state index in [1.54, 1.807) is 6.07 Å². The topological polar surface area (TPSA) is 28.0 Å². The monoisotopic (exact) mass is 429 g/mol. The number of hydrogen-bond donors (Lipinski definition) is 0. The van der Waals surface area contributed by atoms with Crippen molar-refractivity contribution in [3.8, 4) is 0 Å². The summed E-state index contributed by atoms with van der Waals surface area (Å²) in [5, 5.41) is 2.00. The summed E-state index contributed by atoms with van der Waals surface area (Å²) >= 11 is 0. The van der Waals surface area contributed by atoms with E-state index < -0.39 is 0 Å². The van der Waals surface area contributed by atoms with Crippen LogP contribution in [0.4, 0.5) is 4.39 Å². The Bertz CT molecular complexity index is 1220. The number of halogens is 1. The van der Waals surface area contributed by atoms with E-state index in [1.165, 1.54) is 0 Å². The normalized spacial score (nSPS) is 17.0. The third-order valence-corrected chi connectivity index (χ3v) is 5.86. The van der Waals surface area contributed by atoms with Crippen molar-refractivity contribution in [2.75, 3.05) is 20.6 Å². The molecule has 3 nitrogen and oxygen atoms in total. The molecule has 0 N–H and O–H groups in total. The number of aliphatic imine (C=N–C) groups is 2. The number of fused-ring (bicyclic) bond motifs is 1. The van der Waals surface area contributed by atoms with Crippen LogP contribution < -0.4 is 0 Å². The molecule has 1 aliphatic carbocycles. The van der Waals surface area contributed by atoms with Gasteiger partial charge in [0.1, 0.15) is 11.6 Å². The van der Waals surface area contributed by atoms with E-state index in [-0.39, 0.29) is 5.82 Å². The maximum absolute atomic E-state index is 14.8. The first-order valence-electron chi connectivity index (χ1n) is 11.0. The van der Waals surface area contributed by atoms with E-state index in [9.17, 15) is 4.39 Å². The first-order valence-corrected chi connectivity index (χ1v) is 11.0. The van der Waals surface area contributed by atoms with Crippen molar-refractivity contribution in [2.45, 2.75) is 34.1 Å². The highest BCUT2D eigenvalue weighted by Crippen LogP contribution is 2.41. The van der Waals surface area contributed by atoms with Crippen LogP contribution in [0, 0.1) is 12.7 Å². The molecule has 0 aliphatic heterocycles. The van der Waals surface area contributed by atoms with E-state index in [0.29, 0.717) is 13.0 Å². The molecule has 4 heteroatoms. The van der Waals surface area contributed by atoms with E-state index in [4.69, 9.17) is 4.99 Å². The van der Waals surface area contributed by atoms with Crippen LogP contribution in [0.5, 0.6) is 0 Å². The molecule has 0 amide bonds. The minimum atomic E-state index is -0.169. The average Bonchev–Trinajstić information content (AvgIpc) is 2.75. The predicted molar refractivity (Wildman–Crippen MR) is 137 cm³/mol. The Morgan fingerprint density at radius 2 is 1.88 bits per heavy atom. The van der Waals surface area contributed by atoms with Crippen molar-refractivity contribution in [3.63, 3.8) is 0 Å². The van der Waals surface area contributed by atoms with Crippen LogP contribution in [0.2, 0.25) is 0 Å². The Labute approximate surface area is 191 Å². The van der Waals surface area contributed by atoms with Crippen LogP contribution in [0.15, 0.2) is 75.5 Å². The van der Waals surface area contributed by atoms with E-state index in [1.807, 2.05) is 45.0 Å². The number of rotatable bonds is 6. The van der Waals surface area contributed by atoms with Gasteiger partial charge in [0.25, 0.3) is 0 Å². The summed E-state index contributed by atoms with van der Waals surface area (Å²) < 4.78 is 14.8. The molecule has 3 rings (SSSR count). The summed E-state index contributed by atoms with van der Waals surface area (Å²) in [6.45, 7) is 16.7. The Hall–Kier alpha value is -3.27. The summed E-state index contributed by atoms with van der Waals surface area (Å²) in [4.78, 5) is 11.0. The number of nitrogens with zero attached hydrogens (tertiary/aromatic N) is 3. The van der Waals surface area contributed by atoms with Crippen LogP contribution in [0.25, 0.3) is 16.3 Å². The van der Waals surface area contributed by atoms with Gasteiger partial charge in [-0.2, -0.15) is 0 Å². The third-order valence-electron chi connectivity index (χ3n) is 5.86. The van der Waals surface area contributed by atoms with Gasteiger partial charge < -0.3 is 4.90 Å². The molecule has 2 aromatic carbocycles. The van der Waals surface area contributed by atoms with E-state index >= 15 is 0 Å². The molecule has 166 valence electrons. The van der Waals surface area contributed by atoms with Crippen LogP contribution in [-0.4, -0.2) is 38.0 Å². The molecule has 0 atom stereocenters. The van der Waals surface area contributed by atoms with Gasteiger partial charge in [-0.05, 0) is 90.2 Å². The third kappa shape index (κ3) is 3.97. The van der Waals surface area contributed by atoms with Gasteiger partial charge in [0, 0.05) is 26.2 Å². The summed E-state index contributed by atoms with van der Waals surface area (Å²) in [6, 6.07) is 7.70. The Kier molecular flexibility index (Phi) is 6.93. The lowest BCUT2D eigenvalue weighted by Crippen LogP contribution is -2.20. The highest BCUT2D eigenvalue weighted by atomic mass is 19.1. The molecule has 0 spiro atoms. The zero-order valence-corrected chi connectivity index (χ0v) is 20.0. The number of benzene rings is 2. The summed E-state index contributed by atoms with van der Waals surface area (Å²) in [7, 11) is 3.89. The molecular weight excluding hydrogens is 397 g/mol. The standard InChI is InChI=1S/C28H32FN3/c1-9-19-16-23(28(30-6)32(7)8)27(31-11-3)18(5)25(19)22-15-17(4)14-20-12-13-24(29)21(10-2)26(20)22/h9,12-16H,1,6,10-11H2,2-5,7-8H3/b28-23+,31-27?. The molecule has 1 aliphatic rings. The minimum absolute atomic E-state index is 0.169. The second-order valence-electron chi connectivity index (χ2n) is 8.21. The summed E-state index contributed by atoms with van der Waals surface area (Å²) in [6.07, 6.45) is 4.55. The lowest BCUT2D eigenvalue weighted by molar-refractivity contribution is 0.505. The van der Waals surface area contributed by atoms with Gasteiger partial charge in [-0.1, -0.05) is 37.8 Å². The van der Waals surface area contributed by atoms with Gasteiger partial charge >= 0.3 is 0 Å². The highest BCUT2D eigenvalue weighted by molar-refractivity contribution is 6.23. The van der Waals surface area contributed by atoms with Gasteiger partial charge in [-0.3, -0.25) is 4.99 Å². The van der Waals surface area contributed by atoms with Crippen molar-refractivity contribution >= 4 is 28.8 Å². The Morgan fingerprint density at radius 1 is 1.16 bits per heavy atom. The average molecular weight is 430 g/mol. The Morgan fingerprint density at radius 3 is 2.44 bits per heavy atom. The first-order chi connectivity index (χ1) is 15.3. The molecular formula is C28H32FN3. The van der Waals surface area contributed by atoms with Crippen molar-refractivity contribution in [1.82, 2.24) is 4.90 Å². The van der Waals surface area contributed by atoms with E-state index in [0.717, 1.165) is 61.3 Å². The van der Waals surface area contributed by atoms with Crippen LogP contribution in [0.1, 0.15) is 37.5 Å². The number of aryl methyl sites for hydroxylation is 2. The quantitative estimate of drug-likeness (QED) is 0.471. The lowest BCUT2D eigenvalue weighted by Gasteiger charge is -2.27. The second-order valence-corrected chi connectivity index (χ2v) is 8.21. The lowest BCUT2D eigenvalue weighted by atomic mass is 9.80. The smallest absolute Gasteiger partial charge is 0.136 e. The molecule has 0 radical (unpaired) electrons. The van der Waals surface area contributed by atoms with Crippen LogP contribution in [0.3, 0.4) is 0 Å². The second kappa shape index (κ2) is 9.47. The molecule has 0 aromatic heterocycles. The van der Waals surface area contributed by atoms with Gasteiger partial charge in [-0.15, -0.1) is 0 Å². The Balaban J connectivity index is 2.49. The van der Waals surface area contributed by atoms with E-state index in [2.05, 4.69) is 50.3 Å². The molecule has 2 aromatic rings. The van der Waals surface area contributed by atoms with Gasteiger partial charge in [-0.25, -0.2) is 9.38 Å². The molecule has 0 heterocycles. The number of hydrogen-bond acceptors (Lipinski definition) is 3. The predicted octanol–water partition coefficient (Wildman–Crippen LogP) is 6.68.